The Labute approximate surface area is 251 Å². The van der Waals surface area contributed by atoms with Crippen molar-refractivity contribution in [1.29, 1.82) is 0 Å². The molecule has 0 spiro atoms. The summed E-state index contributed by atoms with van der Waals surface area (Å²) in [6, 6.07) is 21.7. The molecule has 0 aliphatic heterocycles. The summed E-state index contributed by atoms with van der Waals surface area (Å²) in [6.45, 7) is 3.76. The number of anilines is 1. The number of benzene rings is 3. The third kappa shape index (κ3) is 10.1. The van der Waals surface area contributed by atoms with Crippen molar-refractivity contribution in [2.45, 2.75) is 64.3 Å². The molecule has 0 saturated heterocycles. The van der Waals surface area contributed by atoms with Crippen molar-refractivity contribution in [3.63, 3.8) is 0 Å². The first-order valence-corrected chi connectivity index (χ1v) is 16.0. The second kappa shape index (κ2) is 15.0. The summed E-state index contributed by atoms with van der Waals surface area (Å²) in [4.78, 5) is 28.9. The quantitative estimate of drug-likeness (QED) is 0.248. The monoisotopic (exact) mass is 617 g/mol. The summed E-state index contributed by atoms with van der Waals surface area (Å²) in [5, 5.41) is 2.99. The lowest BCUT2D eigenvalue weighted by atomic mass is 10.0. The number of amides is 2. The molecule has 3 aromatic carbocycles. The average molecular weight is 618 g/mol. The van der Waals surface area contributed by atoms with Gasteiger partial charge < -0.3 is 10.2 Å². The van der Waals surface area contributed by atoms with Crippen LogP contribution < -0.4 is 9.62 Å². The standard InChI is InChI=1S/C32H38F3N3O4S/c1-4-24(2)36-31(40)29(21-25-13-7-5-8-14-25)37(23-26-15-9-6-10-16-26)30(39)19-12-20-38(43(3,41)42)28-18-11-17-27(22-28)32(33,34)35/h5-11,13-18,22,24,29H,4,12,19-21,23H2,1-3H3,(H,36,40)/t24-,29+/m0/s1. The summed E-state index contributed by atoms with van der Waals surface area (Å²) in [5.41, 5.74) is 0.568. The molecule has 3 aromatic rings. The molecule has 0 aliphatic carbocycles. The summed E-state index contributed by atoms with van der Waals surface area (Å²) in [7, 11) is -3.96. The molecule has 11 heteroatoms. The van der Waals surface area contributed by atoms with E-state index in [1.807, 2.05) is 74.5 Å². The number of nitrogens with one attached hydrogen (secondary N) is 1. The summed E-state index contributed by atoms with van der Waals surface area (Å²) in [6.07, 6.45) is -2.87. The van der Waals surface area contributed by atoms with E-state index in [4.69, 9.17) is 0 Å². The lowest BCUT2D eigenvalue weighted by Gasteiger charge is -2.32. The van der Waals surface area contributed by atoms with Gasteiger partial charge in [0.05, 0.1) is 17.5 Å². The fourth-order valence-electron chi connectivity index (χ4n) is 4.62. The van der Waals surface area contributed by atoms with Gasteiger partial charge in [0.25, 0.3) is 0 Å². The van der Waals surface area contributed by atoms with Crippen LogP contribution in [0, 0.1) is 0 Å². The van der Waals surface area contributed by atoms with E-state index in [0.29, 0.717) is 6.42 Å². The number of hydrogen-bond acceptors (Lipinski definition) is 4. The zero-order valence-electron chi connectivity index (χ0n) is 24.5. The topological polar surface area (TPSA) is 86.8 Å². The van der Waals surface area contributed by atoms with E-state index >= 15 is 0 Å². The van der Waals surface area contributed by atoms with E-state index in [2.05, 4.69) is 5.32 Å². The smallest absolute Gasteiger partial charge is 0.352 e. The summed E-state index contributed by atoms with van der Waals surface area (Å²) < 4.78 is 65.9. The normalized spacial score (nSPS) is 13.2. The van der Waals surface area contributed by atoms with Crippen molar-refractivity contribution in [1.82, 2.24) is 10.2 Å². The maximum absolute atomic E-state index is 13.8. The molecule has 0 aliphatic rings. The van der Waals surface area contributed by atoms with Gasteiger partial charge in [0, 0.05) is 32.0 Å². The third-order valence-corrected chi connectivity index (χ3v) is 8.28. The van der Waals surface area contributed by atoms with E-state index in [1.54, 1.807) is 0 Å². The van der Waals surface area contributed by atoms with Crippen LogP contribution in [0.5, 0.6) is 0 Å². The SMILES string of the molecule is CC[C@H](C)NC(=O)[C@@H](Cc1ccccc1)N(Cc1ccccc1)C(=O)CCCN(c1cccc(C(F)(F)F)c1)S(C)(=O)=O. The molecule has 3 rings (SSSR count). The van der Waals surface area contributed by atoms with Crippen LogP contribution in [0.15, 0.2) is 84.9 Å². The molecule has 0 unspecified atom stereocenters. The fraction of sp³-hybridized carbons (Fsp3) is 0.375. The zero-order chi connectivity index (χ0) is 31.6. The molecular formula is C32H38F3N3O4S. The van der Waals surface area contributed by atoms with Crippen molar-refractivity contribution in [3.8, 4) is 0 Å². The van der Waals surface area contributed by atoms with Crippen molar-refractivity contribution in [3.05, 3.63) is 102 Å². The highest BCUT2D eigenvalue weighted by molar-refractivity contribution is 7.92. The molecule has 0 saturated carbocycles. The Bertz CT molecular complexity index is 1450. The summed E-state index contributed by atoms with van der Waals surface area (Å²) >= 11 is 0. The lowest BCUT2D eigenvalue weighted by molar-refractivity contribution is -0.141. The molecule has 0 aromatic heterocycles. The Morgan fingerprint density at radius 1 is 0.907 bits per heavy atom. The van der Waals surface area contributed by atoms with Gasteiger partial charge in [-0.1, -0.05) is 73.7 Å². The highest BCUT2D eigenvalue weighted by atomic mass is 32.2. The van der Waals surface area contributed by atoms with E-state index in [-0.39, 0.29) is 55.9 Å². The number of sulfonamides is 1. The largest absolute Gasteiger partial charge is 0.416 e. The van der Waals surface area contributed by atoms with Crippen molar-refractivity contribution < 1.29 is 31.2 Å². The van der Waals surface area contributed by atoms with Crippen LogP contribution in [0.2, 0.25) is 0 Å². The van der Waals surface area contributed by atoms with Gasteiger partial charge >= 0.3 is 6.18 Å². The Kier molecular flexibility index (Phi) is 11.8. The maximum atomic E-state index is 13.8. The molecular weight excluding hydrogens is 579 g/mol. The van der Waals surface area contributed by atoms with Gasteiger partial charge in [-0.15, -0.1) is 0 Å². The van der Waals surface area contributed by atoms with Gasteiger partial charge in [0.1, 0.15) is 6.04 Å². The van der Waals surface area contributed by atoms with Crippen molar-refractivity contribution in [2.75, 3.05) is 17.1 Å². The second-order valence-electron chi connectivity index (χ2n) is 10.5. The number of carbonyl (C=O) groups is 2. The van der Waals surface area contributed by atoms with Crippen LogP contribution in [0.3, 0.4) is 0 Å². The number of halogens is 3. The minimum Gasteiger partial charge on any atom is -0.352 e. The van der Waals surface area contributed by atoms with E-state index < -0.39 is 27.8 Å². The van der Waals surface area contributed by atoms with Gasteiger partial charge in [-0.3, -0.25) is 13.9 Å². The van der Waals surface area contributed by atoms with Crippen LogP contribution in [-0.4, -0.2) is 50.0 Å². The molecule has 0 heterocycles. The van der Waals surface area contributed by atoms with E-state index in [1.165, 1.54) is 11.0 Å². The van der Waals surface area contributed by atoms with E-state index in [0.717, 1.165) is 39.9 Å². The molecule has 2 amide bonds. The predicted molar refractivity (Wildman–Crippen MR) is 162 cm³/mol. The van der Waals surface area contributed by atoms with Gasteiger partial charge in [0.15, 0.2) is 0 Å². The van der Waals surface area contributed by atoms with Crippen molar-refractivity contribution >= 4 is 27.5 Å². The number of alkyl halides is 3. The second-order valence-corrected chi connectivity index (χ2v) is 12.4. The Balaban J connectivity index is 1.88. The molecule has 1 N–H and O–H groups in total. The van der Waals surface area contributed by atoms with Crippen LogP contribution in [0.4, 0.5) is 18.9 Å². The van der Waals surface area contributed by atoms with Gasteiger partial charge in [-0.25, -0.2) is 8.42 Å². The first-order chi connectivity index (χ1) is 20.3. The Morgan fingerprint density at radius 2 is 1.51 bits per heavy atom. The maximum Gasteiger partial charge on any atom is 0.416 e. The Morgan fingerprint density at radius 3 is 2.07 bits per heavy atom. The summed E-state index contributed by atoms with van der Waals surface area (Å²) in [5.74, 6) is -0.675. The first-order valence-electron chi connectivity index (χ1n) is 14.1. The van der Waals surface area contributed by atoms with Crippen molar-refractivity contribution in [2.24, 2.45) is 0 Å². The third-order valence-electron chi connectivity index (χ3n) is 7.08. The predicted octanol–water partition coefficient (Wildman–Crippen LogP) is 5.81. The number of carbonyl (C=O) groups excluding carboxylic acids is 2. The molecule has 0 fully saturated rings. The molecule has 0 radical (unpaired) electrons. The van der Waals surface area contributed by atoms with Crippen LogP contribution in [0.1, 0.15) is 49.8 Å². The van der Waals surface area contributed by atoms with Gasteiger partial charge in [0.2, 0.25) is 21.8 Å². The molecule has 0 bridgehead atoms. The minimum atomic E-state index is -4.64. The fourth-order valence-corrected chi connectivity index (χ4v) is 5.57. The number of rotatable bonds is 14. The molecule has 232 valence electrons. The van der Waals surface area contributed by atoms with Crippen LogP contribution in [0.25, 0.3) is 0 Å². The lowest BCUT2D eigenvalue weighted by Crippen LogP contribution is -2.52. The number of nitrogens with zero attached hydrogens (tertiary/aromatic N) is 2. The molecule has 7 nitrogen and oxygen atoms in total. The minimum absolute atomic E-state index is 0.0263. The average Bonchev–Trinajstić information content (AvgIpc) is 2.97. The van der Waals surface area contributed by atoms with E-state index in [9.17, 15) is 31.2 Å². The highest BCUT2D eigenvalue weighted by Crippen LogP contribution is 2.32. The molecule has 43 heavy (non-hydrogen) atoms. The molecule has 2 atom stereocenters. The highest BCUT2D eigenvalue weighted by Gasteiger charge is 2.33. The van der Waals surface area contributed by atoms with Crippen LogP contribution in [-0.2, 0) is 38.8 Å². The Hall–Kier alpha value is -3.86. The van der Waals surface area contributed by atoms with Gasteiger partial charge in [-0.2, -0.15) is 13.2 Å². The zero-order valence-corrected chi connectivity index (χ0v) is 25.4. The first kappa shape index (κ1) is 33.6. The van der Waals surface area contributed by atoms with Gasteiger partial charge in [-0.05, 0) is 49.1 Å². The number of hydrogen-bond donors (Lipinski definition) is 1. The van der Waals surface area contributed by atoms with Crippen LogP contribution >= 0.6 is 0 Å².